The summed E-state index contributed by atoms with van der Waals surface area (Å²) in [4.78, 5) is 8.97. The highest BCUT2D eigenvalue weighted by atomic mass is 16.5. The first-order valence-electron chi connectivity index (χ1n) is 7.25. The fourth-order valence-corrected chi connectivity index (χ4v) is 2.54. The number of hydrogen-bond donors (Lipinski definition) is 2. The average molecular weight is 275 g/mol. The second kappa shape index (κ2) is 5.66. The molecule has 0 spiro atoms. The molecule has 2 aromatic heterocycles. The van der Waals surface area contributed by atoms with Crippen molar-refractivity contribution in [1.29, 1.82) is 0 Å². The third-order valence-electron chi connectivity index (χ3n) is 3.57. The van der Waals surface area contributed by atoms with Gasteiger partial charge in [-0.1, -0.05) is 0 Å². The number of nitrogens with one attached hydrogen (secondary N) is 2. The minimum Gasteiger partial charge on any atom is -0.378 e. The van der Waals surface area contributed by atoms with Crippen molar-refractivity contribution in [2.24, 2.45) is 0 Å². The van der Waals surface area contributed by atoms with Gasteiger partial charge in [-0.15, -0.1) is 0 Å². The Morgan fingerprint density at radius 3 is 3.00 bits per heavy atom. The monoisotopic (exact) mass is 275 g/mol. The second-order valence-corrected chi connectivity index (χ2v) is 5.05. The van der Waals surface area contributed by atoms with E-state index in [-0.39, 0.29) is 0 Å². The van der Waals surface area contributed by atoms with Crippen molar-refractivity contribution < 1.29 is 4.74 Å². The summed E-state index contributed by atoms with van der Waals surface area (Å²) >= 11 is 0. The molecular formula is C14H21N5O. The summed E-state index contributed by atoms with van der Waals surface area (Å²) < 4.78 is 7.58. The summed E-state index contributed by atoms with van der Waals surface area (Å²) in [5.41, 5.74) is 0.867. The summed E-state index contributed by atoms with van der Waals surface area (Å²) in [6.07, 6.45) is 8.15. The Morgan fingerprint density at radius 2 is 2.25 bits per heavy atom. The van der Waals surface area contributed by atoms with Crippen LogP contribution in [0.3, 0.4) is 0 Å². The molecule has 0 aromatic carbocycles. The van der Waals surface area contributed by atoms with Crippen molar-refractivity contribution in [2.75, 3.05) is 23.8 Å². The van der Waals surface area contributed by atoms with Gasteiger partial charge in [-0.3, -0.25) is 0 Å². The lowest BCUT2D eigenvalue weighted by Crippen LogP contribution is -2.41. The number of nitrogens with zero attached hydrogens (tertiary/aromatic N) is 3. The van der Waals surface area contributed by atoms with Gasteiger partial charge in [0.1, 0.15) is 5.82 Å². The van der Waals surface area contributed by atoms with Gasteiger partial charge >= 0.3 is 0 Å². The highest BCUT2D eigenvalue weighted by Crippen LogP contribution is 2.28. The number of hydrogen-bond acceptors (Lipinski definition) is 5. The molecule has 2 heterocycles. The maximum absolute atomic E-state index is 5.59. The summed E-state index contributed by atoms with van der Waals surface area (Å²) in [6, 6.07) is 0.427. The highest BCUT2D eigenvalue weighted by molar-refractivity contribution is 5.65. The molecule has 3 rings (SSSR count). The molecule has 0 bridgehead atoms. The van der Waals surface area contributed by atoms with Gasteiger partial charge in [-0.25, -0.2) is 9.97 Å². The summed E-state index contributed by atoms with van der Waals surface area (Å²) in [7, 11) is 0. The van der Waals surface area contributed by atoms with E-state index in [1.54, 1.807) is 6.20 Å². The van der Waals surface area contributed by atoms with Gasteiger partial charge in [-0.2, -0.15) is 0 Å². The smallest absolute Gasteiger partial charge is 0.180 e. The first kappa shape index (κ1) is 13.2. The van der Waals surface area contributed by atoms with Crippen LogP contribution in [0.15, 0.2) is 18.6 Å². The van der Waals surface area contributed by atoms with E-state index in [1.165, 1.54) is 0 Å². The lowest BCUT2D eigenvalue weighted by atomic mass is 9.89. The molecule has 0 amide bonds. The van der Waals surface area contributed by atoms with Gasteiger partial charge in [0.05, 0.1) is 12.3 Å². The van der Waals surface area contributed by atoms with Crippen LogP contribution in [-0.2, 0) is 4.74 Å². The van der Waals surface area contributed by atoms with Crippen LogP contribution < -0.4 is 10.6 Å². The lowest BCUT2D eigenvalue weighted by Gasteiger charge is -2.35. The Labute approximate surface area is 118 Å². The molecule has 6 nitrogen and oxygen atoms in total. The zero-order valence-corrected chi connectivity index (χ0v) is 12.0. The quantitative estimate of drug-likeness (QED) is 0.845. The molecule has 0 unspecified atom stereocenters. The summed E-state index contributed by atoms with van der Waals surface area (Å²) in [5.74, 6) is 1.70. The summed E-state index contributed by atoms with van der Waals surface area (Å²) in [6.45, 7) is 5.74. The van der Waals surface area contributed by atoms with E-state index in [1.807, 2.05) is 23.7 Å². The molecule has 0 atom stereocenters. The van der Waals surface area contributed by atoms with Crippen LogP contribution in [0, 0.1) is 0 Å². The van der Waals surface area contributed by atoms with Crippen molar-refractivity contribution in [3.63, 3.8) is 0 Å². The predicted molar refractivity (Wildman–Crippen MR) is 79.2 cm³/mol. The van der Waals surface area contributed by atoms with E-state index in [0.717, 1.165) is 43.3 Å². The van der Waals surface area contributed by atoms with Gasteiger partial charge in [0.2, 0.25) is 0 Å². The van der Waals surface area contributed by atoms with Crippen LogP contribution in [0.1, 0.15) is 26.7 Å². The predicted octanol–water partition coefficient (Wildman–Crippen LogP) is 2.14. The van der Waals surface area contributed by atoms with E-state index in [0.29, 0.717) is 12.1 Å². The Kier molecular flexibility index (Phi) is 3.73. The fraction of sp³-hybridized carbons (Fsp3) is 0.571. The van der Waals surface area contributed by atoms with E-state index < -0.39 is 0 Å². The van der Waals surface area contributed by atoms with Crippen molar-refractivity contribution >= 4 is 17.3 Å². The molecule has 0 radical (unpaired) electrons. The standard InChI is InChI=1S/C14H21N5O/c1-3-15-12-9-19-6-5-16-14(19)13(18-12)17-10-7-11(8-10)20-4-2/h5-6,9-11,15H,3-4,7-8H2,1-2H3,(H,17,18). The zero-order chi connectivity index (χ0) is 13.9. The van der Waals surface area contributed by atoms with Gasteiger partial charge in [0.15, 0.2) is 11.5 Å². The molecule has 20 heavy (non-hydrogen) atoms. The van der Waals surface area contributed by atoms with E-state index in [9.17, 15) is 0 Å². The molecule has 2 N–H and O–H groups in total. The van der Waals surface area contributed by atoms with Crippen molar-refractivity contribution in [1.82, 2.24) is 14.4 Å². The fourth-order valence-electron chi connectivity index (χ4n) is 2.54. The normalized spacial score (nSPS) is 21.7. The third kappa shape index (κ3) is 2.56. The maximum Gasteiger partial charge on any atom is 0.180 e. The molecule has 6 heteroatoms. The average Bonchev–Trinajstić information content (AvgIpc) is 2.85. The molecule has 1 aliphatic carbocycles. The van der Waals surface area contributed by atoms with Crippen molar-refractivity contribution in [3.8, 4) is 0 Å². The van der Waals surface area contributed by atoms with Crippen LogP contribution >= 0.6 is 0 Å². The van der Waals surface area contributed by atoms with Gasteiger partial charge in [0, 0.05) is 31.6 Å². The molecule has 1 saturated carbocycles. The molecule has 108 valence electrons. The number of rotatable bonds is 6. The molecule has 0 saturated heterocycles. The molecule has 2 aromatic rings. The Bertz CT molecular complexity index is 576. The second-order valence-electron chi connectivity index (χ2n) is 5.05. The van der Waals surface area contributed by atoms with Crippen LogP contribution in [-0.4, -0.2) is 39.7 Å². The number of ether oxygens (including phenoxy) is 1. The minimum absolute atomic E-state index is 0.394. The van der Waals surface area contributed by atoms with Gasteiger partial charge in [-0.05, 0) is 26.7 Å². The highest BCUT2D eigenvalue weighted by Gasteiger charge is 2.30. The Morgan fingerprint density at radius 1 is 1.40 bits per heavy atom. The number of anilines is 2. The van der Waals surface area contributed by atoms with Crippen molar-refractivity contribution in [2.45, 2.75) is 38.8 Å². The number of imidazole rings is 1. The number of fused-ring (bicyclic) bond motifs is 1. The number of aromatic nitrogens is 3. The minimum atomic E-state index is 0.394. The van der Waals surface area contributed by atoms with Crippen LogP contribution in [0.4, 0.5) is 11.6 Å². The van der Waals surface area contributed by atoms with Crippen LogP contribution in [0.5, 0.6) is 0 Å². The maximum atomic E-state index is 5.59. The van der Waals surface area contributed by atoms with Crippen LogP contribution in [0.25, 0.3) is 5.65 Å². The SMILES string of the molecule is CCNc1cn2ccnc2c(NC2CC(OCC)C2)n1. The molecular weight excluding hydrogens is 254 g/mol. The molecule has 1 aliphatic rings. The van der Waals surface area contributed by atoms with Gasteiger partial charge in [0.25, 0.3) is 0 Å². The molecule has 0 aliphatic heterocycles. The topological polar surface area (TPSA) is 63.5 Å². The van der Waals surface area contributed by atoms with Crippen LogP contribution in [0.2, 0.25) is 0 Å². The van der Waals surface area contributed by atoms with E-state index in [4.69, 9.17) is 4.74 Å². The van der Waals surface area contributed by atoms with E-state index in [2.05, 4.69) is 27.5 Å². The molecule has 1 fully saturated rings. The lowest BCUT2D eigenvalue weighted by molar-refractivity contribution is 0.00294. The van der Waals surface area contributed by atoms with Crippen molar-refractivity contribution in [3.05, 3.63) is 18.6 Å². The summed E-state index contributed by atoms with van der Waals surface area (Å²) in [5, 5.41) is 6.72. The van der Waals surface area contributed by atoms with Gasteiger partial charge < -0.3 is 19.8 Å². The first-order chi connectivity index (χ1) is 9.80. The van der Waals surface area contributed by atoms with E-state index >= 15 is 0 Å². The Balaban J connectivity index is 1.75. The zero-order valence-electron chi connectivity index (χ0n) is 12.0. The Hall–Kier alpha value is -1.82. The largest absolute Gasteiger partial charge is 0.378 e. The first-order valence-corrected chi connectivity index (χ1v) is 7.25. The third-order valence-corrected chi connectivity index (χ3v) is 3.57.